The van der Waals surface area contributed by atoms with Crippen molar-refractivity contribution < 1.29 is 9.32 Å². The highest BCUT2D eigenvalue weighted by Gasteiger charge is 2.28. The molecular formula is C19H20N6O2. The number of hydrogen-bond acceptors (Lipinski definition) is 7. The van der Waals surface area contributed by atoms with Gasteiger partial charge in [-0.05, 0) is 44.7 Å². The summed E-state index contributed by atoms with van der Waals surface area (Å²) in [6.45, 7) is 5.22. The number of rotatable bonds is 4. The molecule has 27 heavy (non-hydrogen) atoms. The maximum atomic E-state index is 12.5. The van der Waals surface area contributed by atoms with Crippen molar-refractivity contribution in [3.05, 3.63) is 53.8 Å². The van der Waals surface area contributed by atoms with Crippen LogP contribution in [0.25, 0.3) is 11.3 Å². The van der Waals surface area contributed by atoms with E-state index >= 15 is 0 Å². The molecule has 0 bridgehead atoms. The van der Waals surface area contributed by atoms with Crippen LogP contribution in [0.2, 0.25) is 0 Å². The third-order valence-electron chi connectivity index (χ3n) is 4.89. The molecule has 3 aromatic heterocycles. The van der Waals surface area contributed by atoms with E-state index in [-0.39, 0.29) is 5.91 Å². The summed E-state index contributed by atoms with van der Waals surface area (Å²) in [7, 11) is 0. The molecule has 0 aromatic carbocycles. The molecule has 1 aliphatic heterocycles. The SMILES string of the molecule is Cc1noc(C)c1-c1cc(C[C@H]2CCN(C(=O)c3ccncn3)C2)ncn1. The van der Waals surface area contributed by atoms with Gasteiger partial charge in [-0.2, -0.15) is 0 Å². The van der Waals surface area contributed by atoms with E-state index < -0.39 is 0 Å². The molecule has 8 heteroatoms. The lowest BCUT2D eigenvalue weighted by molar-refractivity contribution is 0.0781. The summed E-state index contributed by atoms with van der Waals surface area (Å²) in [4.78, 5) is 31.1. The van der Waals surface area contributed by atoms with E-state index in [4.69, 9.17) is 4.52 Å². The van der Waals surface area contributed by atoms with Crippen molar-refractivity contribution >= 4 is 5.91 Å². The highest BCUT2D eigenvalue weighted by molar-refractivity contribution is 5.92. The summed E-state index contributed by atoms with van der Waals surface area (Å²) in [6.07, 6.45) is 6.31. The zero-order valence-corrected chi connectivity index (χ0v) is 15.3. The lowest BCUT2D eigenvalue weighted by atomic mass is 10.0. The van der Waals surface area contributed by atoms with Gasteiger partial charge in [0.15, 0.2) is 0 Å². The standard InChI is InChI=1S/C19H20N6O2/c1-12-18(13(2)27-24-12)17-8-15(21-11-23-17)7-14-4-6-25(9-14)19(26)16-3-5-20-10-22-16/h3,5,8,10-11,14H,4,6-7,9H2,1-2H3/t14-/m1/s1. The van der Waals surface area contributed by atoms with Gasteiger partial charge in [0.1, 0.15) is 24.1 Å². The molecule has 1 amide bonds. The molecule has 0 N–H and O–H groups in total. The van der Waals surface area contributed by atoms with Crippen LogP contribution in [-0.4, -0.2) is 49.0 Å². The molecule has 1 fully saturated rings. The van der Waals surface area contributed by atoms with Gasteiger partial charge in [-0.15, -0.1) is 0 Å². The Balaban J connectivity index is 1.45. The highest BCUT2D eigenvalue weighted by atomic mass is 16.5. The van der Waals surface area contributed by atoms with Gasteiger partial charge >= 0.3 is 0 Å². The largest absolute Gasteiger partial charge is 0.361 e. The maximum absolute atomic E-state index is 12.5. The number of aryl methyl sites for hydroxylation is 2. The summed E-state index contributed by atoms with van der Waals surface area (Å²) < 4.78 is 5.24. The quantitative estimate of drug-likeness (QED) is 0.700. The summed E-state index contributed by atoms with van der Waals surface area (Å²) in [5, 5.41) is 3.99. The van der Waals surface area contributed by atoms with Crippen molar-refractivity contribution in [1.82, 2.24) is 30.0 Å². The van der Waals surface area contributed by atoms with Gasteiger partial charge in [-0.1, -0.05) is 5.16 Å². The summed E-state index contributed by atoms with van der Waals surface area (Å²) >= 11 is 0. The van der Waals surface area contributed by atoms with Crippen molar-refractivity contribution in [2.75, 3.05) is 13.1 Å². The lowest BCUT2D eigenvalue weighted by Crippen LogP contribution is -2.29. The molecule has 0 spiro atoms. The average Bonchev–Trinajstić information content (AvgIpc) is 3.28. The van der Waals surface area contributed by atoms with Crippen LogP contribution in [0, 0.1) is 19.8 Å². The van der Waals surface area contributed by atoms with E-state index in [1.54, 1.807) is 18.6 Å². The van der Waals surface area contributed by atoms with Crippen LogP contribution in [0.3, 0.4) is 0 Å². The van der Waals surface area contributed by atoms with Crippen molar-refractivity contribution in [1.29, 1.82) is 0 Å². The molecule has 1 atom stereocenters. The zero-order chi connectivity index (χ0) is 18.8. The van der Waals surface area contributed by atoms with Gasteiger partial charge in [-0.3, -0.25) is 4.79 Å². The molecule has 0 saturated carbocycles. The Bertz CT molecular complexity index is 936. The van der Waals surface area contributed by atoms with E-state index in [2.05, 4.69) is 25.1 Å². The van der Waals surface area contributed by atoms with Crippen LogP contribution in [-0.2, 0) is 6.42 Å². The first-order valence-corrected chi connectivity index (χ1v) is 8.91. The van der Waals surface area contributed by atoms with Crippen LogP contribution in [0.5, 0.6) is 0 Å². The van der Waals surface area contributed by atoms with Gasteiger partial charge in [0.05, 0.1) is 17.0 Å². The Morgan fingerprint density at radius 1 is 1.26 bits per heavy atom. The molecule has 1 saturated heterocycles. The van der Waals surface area contributed by atoms with E-state index in [1.807, 2.05) is 24.8 Å². The van der Waals surface area contributed by atoms with Crippen LogP contribution < -0.4 is 0 Å². The number of hydrogen-bond donors (Lipinski definition) is 0. The molecule has 1 aliphatic rings. The fraction of sp³-hybridized carbons (Fsp3) is 0.368. The topological polar surface area (TPSA) is 97.9 Å². The Morgan fingerprint density at radius 3 is 2.89 bits per heavy atom. The first kappa shape index (κ1) is 17.3. The minimum absolute atomic E-state index is 0.0426. The summed E-state index contributed by atoms with van der Waals surface area (Å²) in [5.41, 5.74) is 3.96. The van der Waals surface area contributed by atoms with E-state index in [0.29, 0.717) is 18.2 Å². The van der Waals surface area contributed by atoms with Crippen molar-refractivity contribution in [3.63, 3.8) is 0 Å². The second kappa shape index (κ2) is 7.22. The first-order chi connectivity index (χ1) is 13.1. The average molecular weight is 364 g/mol. The molecular weight excluding hydrogens is 344 g/mol. The first-order valence-electron chi connectivity index (χ1n) is 8.91. The smallest absolute Gasteiger partial charge is 0.272 e. The van der Waals surface area contributed by atoms with Gasteiger partial charge in [-0.25, -0.2) is 19.9 Å². The third kappa shape index (κ3) is 3.55. The molecule has 138 valence electrons. The Hall–Kier alpha value is -3.16. The van der Waals surface area contributed by atoms with Crippen molar-refractivity contribution in [2.45, 2.75) is 26.7 Å². The number of likely N-dealkylation sites (tertiary alicyclic amines) is 1. The Morgan fingerprint density at radius 2 is 2.15 bits per heavy atom. The molecule has 0 radical (unpaired) electrons. The number of amides is 1. The zero-order valence-electron chi connectivity index (χ0n) is 15.3. The van der Waals surface area contributed by atoms with Gasteiger partial charge in [0, 0.05) is 25.0 Å². The molecule has 4 heterocycles. The predicted octanol–water partition coefficient (Wildman–Crippen LogP) is 2.24. The predicted molar refractivity (Wildman–Crippen MR) is 96.7 cm³/mol. The molecule has 3 aromatic rings. The van der Waals surface area contributed by atoms with Crippen LogP contribution >= 0.6 is 0 Å². The van der Waals surface area contributed by atoms with E-state index in [0.717, 1.165) is 47.8 Å². The number of nitrogens with zero attached hydrogens (tertiary/aromatic N) is 6. The minimum atomic E-state index is -0.0426. The molecule has 8 nitrogen and oxygen atoms in total. The van der Waals surface area contributed by atoms with Crippen molar-refractivity contribution in [2.24, 2.45) is 5.92 Å². The van der Waals surface area contributed by atoms with Gasteiger partial charge < -0.3 is 9.42 Å². The van der Waals surface area contributed by atoms with Crippen LogP contribution in [0.1, 0.15) is 34.1 Å². The van der Waals surface area contributed by atoms with Gasteiger partial charge in [0.25, 0.3) is 5.91 Å². The molecule has 0 aliphatic carbocycles. The fourth-order valence-electron chi connectivity index (χ4n) is 3.55. The summed E-state index contributed by atoms with van der Waals surface area (Å²) in [5.74, 6) is 1.07. The fourth-order valence-corrected chi connectivity index (χ4v) is 3.55. The lowest BCUT2D eigenvalue weighted by Gasteiger charge is -2.16. The second-order valence-electron chi connectivity index (χ2n) is 6.80. The monoisotopic (exact) mass is 364 g/mol. The van der Waals surface area contributed by atoms with E-state index in [9.17, 15) is 4.79 Å². The highest BCUT2D eigenvalue weighted by Crippen LogP contribution is 2.27. The third-order valence-corrected chi connectivity index (χ3v) is 4.89. The molecule has 4 rings (SSSR count). The maximum Gasteiger partial charge on any atom is 0.272 e. The second-order valence-corrected chi connectivity index (χ2v) is 6.80. The summed E-state index contributed by atoms with van der Waals surface area (Å²) in [6, 6.07) is 3.64. The number of aromatic nitrogens is 5. The number of carbonyl (C=O) groups is 1. The minimum Gasteiger partial charge on any atom is -0.361 e. The Labute approximate surface area is 156 Å². The molecule has 0 unspecified atom stereocenters. The normalized spacial score (nSPS) is 16.7. The van der Waals surface area contributed by atoms with Gasteiger partial charge in [0.2, 0.25) is 0 Å². The van der Waals surface area contributed by atoms with Crippen LogP contribution in [0.15, 0.2) is 35.5 Å². The van der Waals surface area contributed by atoms with Crippen molar-refractivity contribution in [3.8, 4) is 11.3 Å². The number of carbonyl (C=O) groups excluding carboxylic acids is 1. The van der Waals surface area contributed by atoms with Crippen LogP contribution in [0.4, 0.5) is 0 Å². The Kier molecular flexibility index (Phi) is 4.62. The van der Waals surface area contributed by atoms with E-state index in [1.165, 1.54) is 6.33 Å².